The van der Waals surface area contributed by atoms with Crippen LogP contribution in [0.2, 0.25) is 5.02 Å². The Morgan fingerprint density at radius 3 is 3.09 bits per heavy atom. The number of ether oxygens (including phenoxy) is 2. The molecule has 1 amide bonds. The summed E-state index contributed by atoms with van der Waals surface area (Å²) in [7, 11) is 0. The monoisotopic (exact) mass is 342 g/mol. The van der Waals surface area contributed by atoms with Crippen LogP contribution in [-0.4, -0.2) is 53.3 Å². The first kappa shape index (κ1) is 17.6. The van der Waals surface area contributed by atoms with E-state index in [0.717, 1.165) is 19.3 Å². The summed E-state index contributed by atoms with van der Waals surface area (Å²) < 4.78 is 10.6. The van der Waals surface area contributed by atoms with E-state index in [1.165, 1.54) is 6.20 Å². The van der Waals surface area contributed by atoms with Crippen molar-refractivity contribution in [3.63, 3.8) is 0 Å². The molecule has 1 N–H and O–H groups in total. The van der Waals surface area contributed by atoms with E-state index in [4.69, 9.17) is 21.1 Å². The van der Waals surface area contributed by atoms with Gasteiger partial charge in [0.2, 0.25) is 11.8 Å². The van der Waals surface area contributed by atoms with Crippen molar-refractivity contribution < 1.29 is 14.3 Å². The average Bonchev–Trinajstić information content (AvgIpc) is 2.99. The number of carbonyl (C=O) groups is 1. The van der Waals surface area contributed by atoms with Crippen LogP contribution >= 0.6 is 11.6 Å². The quantitative estimate of drug-likeness (QED) is 0.768. The molecule has 0 bridgehead atoms. The maximum absolute atomic E-state index is 11.9. The molecular weight excluding hydrogens is 320 g/mol. The van der Waals surface area contributed by atoms with Crippen molar-refractivity contribution in [3.05, 3.63) is 11.2 Å². The number of unbranched alkanes of at least 4 members (excludes halogenated alkanes) is 1. The molecule has 128 valence electrons. The highest BCUT2D eigenvalue weighted by molar-refractivity contribution is 6.31. The number of hydrogen-bond donors (Lipinski definition) is 1. The van der Waals surface area contributed by atoms with Crippen molar-refractivity contribution in [3.8, 4) is 5.88 Å². The fraction of sp³-hybridized carbons (Fsp3) is 0.667. The van der Waals surface area contributed by atoms with Crippen LogP contribution in [0.3, 0.4) is 0 Å². The second-order valence-electron chi connectivity index (χ2n) is 5.32. The minimum atomic E-state index is -0.255. The zero-order chi connectivity index (χ0) is 16.7. The van der Waals surface area contributed by atoms with Crippen LogP contribution in [0.1, 0.15) is 33.1 Å². The molecule has 8 heteroatoms. The van der Waals surface area contributed by atoms with E-state index in [9.17, 15) is 4.79 Å². The molecule has 1 saturated heterocycles. The summed E-state index contributed by atoms with van der Waals surface area (Å²) in [6.07, 6.45) is 3.97. The van der Waals surface area contributed by atoms with Gasteiger partial charge in [0.05, 0.1) is 19.4 Å². The molecule has 1 aromatic heterocycles. The summed E-state index contributed by atoms with van der Waals surface area (Å²) in [5.74, 6) is 0.810. The zero-order valence-corrected chi connectivity index (χ0v) is 14.3. The maximum atomic E-state index is 11.9. The first-order valence-corrected chi connectivity index (χ1v) is 8.35. The molecule has 1 aliphatic rings. The number of carbonyl (C=O) groups excluding carboxylic acids is 1. The molecule has 0 unspecified atom stereocenters. The van der Waals surface area contributed by atoms with Crippen molar-refractivity contribution in [1.82, 2.24) is 14.9 Å². The van der Waals surface area contributed by atoms with Gasteiger partial charge in [0.25, 0.3) is 0 Å². The Balaban J connectivity index is 1.85. The number of aromatic nitrogens is 2. The molecule has 0 saturated carbocycles. The second kappa shape index (κ2) is 8.76. The minimum Gasteiger partial charge on any atom is -0.477 e. The van der Waals surface area contributed by atoms with Gasteiger partial charge in [-0.05, 0) is 19.8 Å². The van der Waals surface area contributed by atoms with Crippen LogP contribution in [0.15, 0.2) is 6.20 Å². The van der Waals surface area contributed by atoms with Gasteiger partial charge in [0.1, 0.15) is 5.02 Å². The number of likely N-dealkylation sites (tertiary alicyclic amines) is 1. The predicted octanol–water partition coefficient (Wildman–Crippen LogP) is 2.95. The molecule has 1 aromatic rings. The van der Waals surface area contributed by atoms with Gasteiger partial charge in [-0.25, -0.2) is 9.78 Å². The lowest BCUT2D eigenvalue weighted by Crippen LogP contribution is -2.32. The number of rotatable bonds is 7. The Morgan fingerprint density at radius 2 is 2.35 bits per heavy atom. The van der Waals surface area contributed by atoms with Gasteiger partial charge in [0, 0.05) is 19.1 Å². The Kier molecular flexibility index (Phi) is 6.70. The molecule has 0 spiro atoms. The van der Waals surface area contributed by atoms with Crippen molar-refractivity contribution in [2.45, 2.75) is 39.2 Å². The third-order valence-electron chi connectivity index (χ3n) is 3.50. The van der Waals surface area contributed by atoms with Gasteiger partial charge in [-0.3, -0.25) is 0 Å². The van der Waals surface area contributed by atoms with Gasteiger partial charge < -0.3 is 19.7 Å². The van der Waals surface area contributed by atoms with Crippen molar-refractivity contribution >= 4 is 23.6 Å². The van der Waals surface area contributed by atoms with E-state index in [2.05, 4.69) is 22.2 Å². The molecule has 1 atom stereocenters. The standard InChI is InChI=1S/C15H23ClN4O3/c1-3-5-8-23-15(21)20-7-6-11(10-20)18-14-17-9-12(16)13(19-14)22-4-2/h9,11H,3-8,10H2,1-2H3,(H,17,18,19)/t11-/m0/s1. The lowest BCUT2D eigenvalue weighted by Gasteiger charge is -2.17. The Labute approximate surface area is 141 Å². The van der Waals surface area contributed by atoms with Gasteiger partial charge in [-0.2, -0.15) is 4.98 Å². The minimum absolute atomic E-state index is 0.0874. The van der Waals surface area contributed by atoms with Crippen LogP contribution in [0, 0.1) is 0 Å². The van der Waals surface area contributed by atoms with E-state index in [-0.39, 0.29) is 12.1 Å². The normalized spacial score (nSPS) is 17.2. The van der Waals surface area contributed by atoms with E-state index < -0.39 is 0 Å². The van der Waals surface area contributed by atoms with Gasteiger partial charge in [-0.15, -0.1) is 0 Å². The molecule has 0 aromatic carbocycles. The summed E-state index contributed by atoms with van der Waals surface area (Å²) in [4.78, 5) is 22.0. The van der Waals surface area contributed by atoms with Crippen LogP contribution < -0.4 is 10.1 Å². The Morgan fingerprint density at radius 1 is 1.52 bits per heavy atom. The molecule has 7 nitrogen and oxygen atoms in total. The summed E-state index contributed by atoms with van der Waals surface area (Å²) in [5, 5.41) is 3.59. The number of nitrogens with one attached hydrogen (secondary N) is 1. The molecule has 1 fully saturated rings. The van der Waals surface area contributed by atoms with Crippen LogP contribution in [0.4, 0.5) is 10.7 Å². The fourth-order valence-electron chi connectivity index (χ4n) is 2.28. The Bertz CT molecular complexity index is 529. The molecule has 23 heavy (non-hydrogen) atoms. The topological polar surface area (TPSA) is 76.6 Å². The highest BCUT2D eigenvalue weighted by Gasteiger charge is 2.27. The largest absolute Gasteiger partial charge is 0.477 e. The van der Waals surface area contributed by atoms with Crippen LogP contribution in [0.25, 0.3) is 0 Å². The maximum Gasteiger partial charge on any atom is 0.409 e. The average molecular weight is 343 g/mol. The number of anilines is 1. The van der Waals surface area contributed by atoms with E-state index in [1.54, 1.807) is 4.90 Å². The third kappa shape index (κ3) is 5.13. The number of hydrogen-bond acceptors (Lipinski definition) is 6. The predicted molar refractivity (Wildman–Crippen MR) is 88.1 cm³/mol. The number of nitrogens with zero attached hydrogens (tertiary/aromatic N) is 3. The smallest absolute Gasteiger partial charge is 0.409 e. The van der Waals surface area contributed by atoms with Crippen LogP contribution in [-0.2, 0) is 4.74 Å². The lowest BCUT2D eigenvalue weighted by molar-refractivity contribution is 0.109. The molecule has 2 heterocycles. The highest BCUT2D eigenvalue weighted by Crippen LogP contribution is 2.23. The first-order valence-electron chi connectivity index (χ1n) is 7.97. The van der Waals surface area contributed by atoms with Crippen molar-refractivity contribution in [1.29, 1.82) is 0 Å². The number of halogens is 1. The van der Waals surface area contributed by atoms with Gasteiger partial charge in [0.15, 0.2) is 0 Å². The van der Waals surface area contributed by atoms with Crippen LogP contribution in [0.5, 0.6) is 5.88 Å². The zero-order valence-electron chi connectivity index (χ0n) is 13.5. The molecule has 2 rings (SSSR count). The Hall–Kier alpha value is -1.76. The summed E-state index contributed by atoms with van der Waals surface area (Å²) >= 11 is 5.97. The van der Waals surface area contributed by atoms with E-state index in [0.29, 0.717) is 43.2 Å². The lowest BCUT2D eigenvalue weighted by atomic mass is 10.3. The third-order valence-corrected chi connectivity index (χ3v) is 3.76. The summed E-state index contributed by atoms with van der Waals surface area (Å²) in [6, 6.07) is 0.0874. The summed E-state index contributed by atoms with van der Waals surface area (Å²) in [5.41, 5.74) is 0. The highest BCUT2D eigenvalue weighted by atomic mass is 35.5. The SMILES string of the molecule is CCCCOC(=O)N1CC[C@H](Nc2ncc(Cl)c(OCC)n2)C1. The van der Waals surface area contributed by atoms with Crippen molar-refractivity contribution in [2.75, 3.05) is 31.6 Å². The van der Waals surface area contributed by atoms with Crippen molar-refractivity contribution in [2.24, 2.45) is 0 Å². The summed E-state index contributed by atoms with van der Waals surface area (Å²) in [6.45, 7) is 6.12. The molecular formula is C15H23ClN4O3. The molecule has 0 radical (unpaired) electrons. The second-order valence-corrected chi connectivity index (χ2v) is 5.73. The first-order chi connectivity index (χ1) is 11.1. The van der Waals surface area contributed by atoms with E-state index >= 15 is 0 Å². The molecule has 1 aliphatic heterocycles. The fourth-order valence-corrected chi connectivity index (χ4v) is 2.43. The van der Waals surface area contributed by atoms with E-state index in [1.807, 2.05) is 6.92 Å². The molecule has 0 aliphatic carbocycles. The van der Waals surface area contributed by atoms with Gasteiger partial charge in [-0.1, -0.05) is 24.9 Å². The van der Waals surface area contributed by atoms with Gasteiger partial charge >= 0.3 is 6.09 Å². The number of amides is 1.